The number of nitrogens with zero attached hydrogens (tertiary/aromatic N) is 2. The van der Waals surface area contributed by atoms with E-state index in [1.807, 2.05) is 32.2 Å². The Morgan fingerprint density at radius 2 is 2.16 bits per heavy atom. The number of hydrogen-bond donors (Lipinski definition) is 1. The third-order valence-electron chi connectivity index (χ3n) is 5.14. The highest BCUT2D eigenvalue weighted by Gasteiger charge is 2.33. The summed E-state index contributed by atoms with van der Waals surface area (Å²) in [5, 5.41) is 4.89. The molecule has 0 spiro atoms. The minimum Gasteiger partial charge on any atom is -0.491 e. The van der Waals surface area contributed by atoms with E-state index in [1.165, 1.54) is 17.0 Å². The number of halogens is 1. The average Bonchev–Trinajstić information content (AvgIpc) is 3.20. The smallest absolute Gasteiger partial charge is 0.318 e. The molecule has 0 radical (unpaired) electrons. The maximum absolute atomic E-state index is 13.5. The third-order valence-corrected chi connectivity index (χ3v) is 6.13. The van der Waals surface area contributed by atoms with Crippen LogP contribution in [0.2, 0.25) is 0 Å². The molecule has 0 fully saturated rings. The van der Waals surface area contributed by atoms with Gasteiger partial charge in [0.15, 0.2) is 0 Å². The standard InChI is InChI=1S/C23H30FN3O3S/c1-4-10-26(23(29)25-16(2)3)14-22(28)27-11-8-21-19(9-12-31-21)20(27)15-30-18-7-5-6-17(24)13-18/h5-7,9,12-13,16,20H,4,8,10-11,14-15H2,1-3H3,(H,25,29)/t20-/m1/s1. The molecule has 0 aliphatic carbocycles. The van der Waals surface area contributed by atoms with Crippen LogP contribution in [0.1, 0.15) is 43.7 Å². The fraction of sp³-hybridized carbons (Fsp3) is 0.478. The second kappa shape index (κ2) is 10.6. The Kier molecular flexibility index (Phi) is 7.90. The highest BCUT2D eigenvalue weighted by Crippen LogP contribution is 2.34. The van der Waals surface area contributed by atoms with Crippen molar-refractivity contribution in [3.05, 3.63) is 52.0 Å². The monoisotopic (exact) mass is 447 g/mol. The average molecular weight is 448 g/mol. The van der Waals surface area contributed by atoms with Gasteiger partial charge in [-0.05, 0) is 55.8 Å². The number of carbonyl (C=O) groups excluding carboxylic acids is 2. The Morgan fingerprint density at radius 1 is 1.35 bits per heavy atom. The Morgan fingerprint density at radius 3 is 2.87 bits per heavy atom. The van der Waals surface area contributed by atoms with Crippen LogP contribution in [-0.2, 0) is 11.2 Å². The van der Waals surface area contributed by atoms with E-state index in [0.29, 0.717) is 18.8 Å². The van der Waals surface area contributed by atoms with Gasteiger partial charge in [-0.1, -0.05) is 13.0 Å². The summed E-state index contributed by atoms with van der Waals surface area (Å²) in [5.74, 6) is -0.0487. The largest absolute Gasteiger partial charge is 0.491 e. The third kappa shape index (κ3) is 5.97. The molecule has 0 bridgehead atoms. The van der Waals surface area contributed by atoms with Gasteiger partial charge in [0, 0.05) is 30.1 Å². The summed E-state index contributed by atoms with van der Waals surface area (Å²) < 4.78 is 19.4. The zero-order valence-corrected chi connectivity index (χ0v) is 19.1. The van der Waals surface area contributed by atoms with Gasteiger partial charge in [0.05, 0.1) is 6.04 Å². The number of thiophene rings is 1. The lowest BCUT2D eigenvalue weighted by Crippen LogP contribution is -2.50. The Hall–Kier alpha value is -2.61. The SMILES string of the molecule is CCCN(CC(=O)N1CCc2sccc2[C@H]1COc1cccc(F)c1)C(=O)NC(C)C. The molecule has 1 atom stereocenters. The van der Waals surface area contributed by atoms with E-state index < -0.39 is 0 Å². The van der Waals surface area contributed by atoms with Crippen LogP contribution in [0.15, 0.2) is 35.7 Å². The number of fused-ring (bicyclic) bond motifs is 1. The topological polar surface area (TPSA) is 61.9 Å². The van der Waals surface area contributed by atoms with E-state index in [9.17, 15) is 14.0 Å². The molecule has 3 rings (SSSR count). The number of urea groups is 1. The Labute approximate surface area is 187 Å². The molecular weight excluding hydrogens is 417 g/mol. The second-order valence-electron chi connectivity index (χ2n) is 7.95. The number of benzene rings is 1. The van der Waals surface area contributed by atoms with Crippen LogP contribution in [-0.4, -0.2) is 54.0 Å². The lowest BCUT2D eigenvalue weighted by Gasteiger charge is -2.37. The van der Waals surface area contributed by atoms with Gasteiger partial charge in [-0.3, -0.25) is 4.79 Å². The molecule has 2 heterocycles. The molecule has 1 aromatic heterocycles. The summed E-state index contributed by atoms with van der Waals surface area (Å²) in [5.41, 5.74) is 1.06. The molecule has 2 aromatic rings. The number of hydrogen-bond acceptors (Lipinski definition) is 4. The van der Waals surface area contributed by atoms with E-state index in [1.54, 1.807) is 33.3 Å². The van der Waals surface area contributed by atoms with Crippen molar-refractivity contribution in [1.82, 2.24) is 15.1 Å². The highest BCUT2D eigenvalue weighted by atomic mass is 32.1. The minimum atomic E-state index is -0.364. The summed E-state index contributed by atoms with van der Waals surface area (Å²) >= 11 is 1.67. The van der Waals surface area contributed by atoms with Gasteiger partial charge in [-0.15, -0.1) is 11.3 Å². The lowest BCUT2D eigenvalue weighted by molar-refractivity contribution is -0.135. The maximum Gasteiger partial charge on any atom is 0.318 e. The molecule has 168 valence electrons. The number of rotatable bonds is 8. The van der Waals surface area contributed by atoms with Gasteiger partial charge in [0.1, 0.15) is 24.7 Å². The van der Waals surface area contributed by atoms with E-state index in [0.717, 1.165) is 18.4 Å². The van der Waals surface area contributed by atoms with Gasteiger partial charge in [-0.25, -0.2) is 9.18 Å². The molecule has 3 amide bonds. The van der Waals surface area contributed by atoms with Crippen molar-refractivity contribution in [3.8, 4) is 5.75 Å². The van der Waals surface area contributed by atoms with Crippen molar-refractivity contribution < 1.29 is 18.7 Å². The quantitative estimate of drug-likeness (QED) is 0.659. The van der Waals surface area contributed by atoms with Crippen LogP contribution in [0.5, 0.6) is 5.75 Å². The zero-order valence-electron chi connectivity index (χ0n) is 18.3. The van der Waals surface area contributed by atoms with E-state index in [2.05, 4.69) is 5.32 Å². The molecule has 31 heavy (non-hydrogen) atoms. The zero-order chi connectivity index (χ0) is 22.4. The van der Waals surface area contributed by atoms with Crippen molar-refractivity contribution >= 4 is 23.3 Å². The van der Waals surface area contributed by atoms with Crippen LogP contribution < -0.4 is 10.1 Å². The van der Waals surface area contributed by atoms with Crippen LogP contribution in [0.25, 0.3) is 0 Å². The number of carbonyl (C=O) groups is 2. The van der Waals surface area contributed by atoms with Crippen LogP contribution in [0, 0.1) is 5.82 Å². The summed E-state index contributed by atoms with van der Waals surface area (Å²) in [7, 11) is 0. The van der Waals surface area contributed by atoms with Crippen molar-refractivity contribution in [3.63, 3.8) is 0 Å². The predicted molar refractivity (Wildman–Crippen MR) is 120 cm³/mol. The van der Waals surface area contributed by atoms with Crippen molar-refractivity contribution in [2.24, 2.45) is 0 Å². The fourth-order valence-corrected chi connectivity index (χ4v) is 4.65. The van der Waals surface area contributed by atoms with Gasteiger partial charge in [0.25, 0.3) is 0 Å². The molecule has 0 saturated carbocycles. The summed E-state index contributed by atoms with van der Waals surface area (Å²) in [4.78, 5) is 30.4. The summed E-state index contributed by atoms with van der Waals surface area (Å²) in [6, 6.07) is 7.51. The summed E-state index contributed by atoms with van der Waals surface area (Å²) in [6.07, 6.45) is 1.54. The molecule has 1 aromatic carbocycles. The Bertz CT molecular complexity index is 902. The number of amides is 3. The van der Waals surface area contributed by atoms with Crippen LogP contribution in [0.4, 0.5) is 9.18 Å². The fourth-order valence-electron chi connectivity index (χ4n) is 3.72. The van der Waals surface area contributed by atoms with Gasteiger partial charge >= 0.3 is 6.03 Å². The lowest BCUT2D eigenvalue weighted by atomic mass is 10.0. The van der Waals surface area contributed by atoms with Gasteiger partial charge in [0.2, 0.25) is 5.91 Å². The van der Waals surface area contributed by atoms with E-state index in [-0.39, 0.29) is 43.0 Å². The molecular formula is C23H30FN3O3S. The molecule has 1 aliphatic heterocycles. The van der Waals surface area contributed by atoms with Crippen molar-refractivity contribution in [1.29, 1.82) is 0 Å². The molecule has 0 saturated heterocycles. The normalized spacial score (nSPS) is 15.5. The number of ether oxygens (including phenoxy) is 1. The molecule has 1 aliphatic rings. The van der Waals surface area contributed by atoms with Gasteiger partial charge < -0.3 is 19.9 Å². The first kappa shape index (κ1) is 23.1. The predicted octanol–water partition coefficient (Wildman–Crippen LogP) is 4.22. The first-order chi connectivity index (χ1) is 14.9. The first-order valence-electron chi connectivity index (χ1n) is 10.7. The van der Waals surface area contributed by atoms with Crippen molar-refractivity contribution in [2.45, 2.75) is 45.7 Å². The molecule has 8 heteroatoms. The maximum atomic E-state index is 13.5. The minimum absolute atomic E-state index is 0.00211. The molecule has 6 nitrogen and oxygen atoms in total. The van der Waals surface area contributed by atoms with Gasteiger partial charge in [-0.2, -0.15) is 0 Å². The molecule has 1 N–H and O–H groups in total. The van der Waals surface area contributed by atoms with Crippen molar-refractivity contribution in [2.75, 3.05) is 26.2 Å². The van der Waals surface area contributed by atoms with E-state index in [4.69, 9.17) is 4.74 Å². The van der Waals surface area contributed by atoms with Crippen LogP contribution in [0.3, 0.4) is 0 Å². The second-order valence-corrected chi connectivity index (χ2v) is 8.95. The van der Waals surface area contributed by atoms with Crippen LogP contribution >= 0.6 is 11.3 Å². The molecule has 0 unspecified atom stereocenters. The van der Waals surface area contributed by atoms with E-state index >= 15 is 0 Å². The Balaban J connectivity index is 1.75. The number of nitrogens with one attached hydrogen (secondary N) is 1. The highest BCUT2D eigenvalue weighted by molar-refractivity contribution is 7.10. The summed E-state index contributed by atoms with van der Waals surface area (Å²) in [6.45, 7) is 7.09. The first-order valence-corrected chi connectivity index (χ1v) is 11.6.